The predicted molar refractivity (Wildman–Crippen MR) is 95.5 cm³/mol. The number of aryl methyl sites for hydroxylation is 2. The number of rotatable bonds is 3. The lowest BCUT2D eigenvalue weighted by Crippen LogP contribution is -2.41. The molecule has 2 amide bonds. The second-order valence-electron chi connectivity index (χ2n) is 7.84. The van der Waals surface area contributed by atoms with Crippen molar-refractivity contribution in [2.45, 2.75) is 65.0 Å². The first-order chi connectivity index (χ1) is 11.9. The van der Waals surface area contributed by atoms with Crippen LogP contribution in [0.15, 0.2) is 18.2 Å². The number of carbonyl (C=O) groups is 2. The van der Waals surface area contributed by atoms with Gasteiger partial charge in [-0.3, -0.25) is 9.69 Å². The van der Waals surface area contributed by atoms with Crippen LogP contribution in [0.3, 0.4) is 0 Å². The number of hydrogen-bond donors (Lipinski definition) is 1. The summed E-state index contributed by atoms with van der Waals surface area (Å²) in [6.07, 6.45) is -1.57. The lowest BCUT2D eigenvalue weighted by atomic mass is 10.1. The van der Waals surface area contributed by atoms with Crippen LogP contribution in [0.2, 0.25) is 0 Å². The van der Waals surface area contributed by atoms with E-state index in [1.165, 1.54) is 0 Å². The topological polar surface area (TPSA) is 58.6 Å². The van der Waals surface area contributed by atoms with E-state index in [0.717, 1.165) is 16.0 Å². The maximum Gasteiger partial charge on any atom is 0.410 e. The van der Waals surface area contributed by atoms with Gasteiger partial charge in [0, 0.05) is 24.6 Å². The number of nitrogens with zero attached hydrogens (tertiary/aromatic N) is 1. The van der Waals surface area contributed by atoms with E-state index in [9.17, 15) is 18.4 Å². The minimum Gasteiger partial charge on any atom is -0.444 e. The molecule has 5 nitrogen and oxygen atoms in total. The molecule has 0 unspecified atom stereocenters. The molecule has 1 aliphatic heterocycles. The number of alkyl halides is 2. The van der Waals surface area contributed by atoms with Gasteiger partial charge in [0.05, 0.1) is 6.54 Å². The molecule has 0 bridgehead atoms. The maximum absolute atomic E-state index is 13.9. The first kappa shape index (κ1) is 20.1. The first-order valence-electron chi connectivity index (χ1n) is 8.61. The number of para-hydroxylation sites is 1. The molecule has 0 radical (unpaired) electrons. The second kappa shape index (κ2) is 7.21. The highest BCUT2D eigenvalue weighted by molar-refractivity contribution is 5.93. The number of nitrogens with one attached hydrogen (secondary N) is 1. The Morgan fingerprint density at radius 2 is 1.85 bits per heavy atom. The van der Waals surface area contributed by atoms with Crippen LogP contribution >= 0.6 is 0 Å². The number of anilines is 1. The molecule has 1 atom stereocenters. The van der Waals surface area contributed by atoms with E-state index in [1.54, 1.807) is 20.8 Å². The minimum atomic E-state index is -3.03. The Bertz CT molecular complexity index is 678. The molecule has 1 heterocycles. The van der Waals surface area contributed by atoms with Gasteiger partial charge in [-0.1, -0.05) is 18.2 Å². The number of amides is 2. The molecule has 0 spiro atoms. The fourth-order valence-electron chi connectivity index (χ4n) is 3.03. The van der Waals surface area contributed by atoms with Crippen LogP contribution in [0.4, 0.5) is 19.3 Å². The molecule has 26 heavy (non-hydrogen) atoms. The van der Waals surface area contributed by atoms with Gasteiger partial charge < -0.3 is 10.1 Å². The number of carbonyl (C=O) groups excluding carboxylic acids is 2. The Hall–Kier alpha value is -2.18. The molecular formula is C19H26F2N2O3. The zero-order chi connectivity index (χ0) is 19.7. The fraction of sp³-hybridized carbons (Fsp3) is 0.579. The van der Waals surface area contributed by atoms with Crippen molar-refractivity contribution >= 4 is 17.7 Å². The second-order valence-corrected chi connectivity index (χ2v) is 7.84. The highest BCUT2D eigenvalue weighted by atomic mass is 19.3. The zero-order valence-electron chi connectivity index (χ0n) is 15.9. The van der Waals surface area contributed by atoms with E-state index in [1.807, 2.05) is 32.0 Å². The highest BCUT2D eigenvalue weighted by Gasteiger charge is 2.48. The van der Waals surface area contributed by atoms with Crippen LogP contribution in [0.25, 0.3) is 0 Å². The third kappa shape index (κ3) is 5.16. The largest absolute Gasteiger partial charge is 0.444 e. The molecule has 1 fully saturated rings. The monoisotopic (exact) mass is 368 g/mol. The van der Waals surface area contributed by atoms with Crippen LogP contribution in [0, 0.1) is 13.8 Å². The summed E-state index contributed by atoms with van der Waals surface area (Å²) in [7, 11) is 0. The maximum atomic E-state index is 13.9. The molecule has 2 rings (SSSR count). The molecule has 1 aromatic rings. The summed E-state index contributed by atoms with van der Waals surface area (Å²) in [5.74, 6) is -3.43. The summed E-state index contributed by atoms with van der Waals surface area (Å²) in [5, 5.41) is 2.78. The number of hydrogen-bond acceptors (Lipinski definition) is 3. The summed E-state index contributed by atoms with van der Waals surface area (Å²) in [6, 6.07) is 4.70. The molecule has 1 saturated heterocycles. The molecule has 0 aromatic heterocycles. The van der Waals surface area contributed by atoms with Crippen molar-refractivity contribution in [2.24, 2.45) is 0 Å². The quantitative estimate of drug-likeness (QED) is 0.866. The lowest BCUT2D eigenvalue weighted by molar-refractivity contribution is -0.117. The van der Waals surface area contributed by atoms with Crippen molar-refractivity contribution < 1.29 is 23.1 Å². The Morgan fingerprint density at radius 1 is 1.27 bits per heavy atom. The molecular weight excluding hydrogens is 342 g/mol. The minimum absolute atomic E-state index is 0.206. The molecule has 1 aromatic carbocycles. The van der Waals surface area contributed by atoms with Crippen molar-refractivity contribution in [3.8, 4) is 0 Å². The zero-order valence-corrected chi connectivity index (χ0v) is 15.9. The number of halogens is 2. The lowest BCUT2D eigenvalue weighted by Gasteiger charge is -2.28. The normalized spacial score (nSPS) is 19.3. The molecule has 1 aliphatic rings. The van der Waals surface area contributed by atoms with Crippen LogP contribution < -0.4 is 5.32 Å². The van der Waals surface area contributed by atoms with Gasteiger partial charge in [-0.15, -0.1) is 0 Å². The van der Waals surface area contributed by atoms with Gasteiger partial charge in [0.1, 0.15) is 5.60 Å². The summed E-state index contributed by atoms with van der Waals surface area (Å²) >= 11 is 0. The number of likely N-dealkylation sites (tertiary alicyclic amines) is 1. The fourth-order valence-corrected chi connectivity index (χ4v) is 3.03. The van der Waals surface area contributed by atoms with Gasteiger partial charge in [-0.2, -0.15) is 0 Å². The Labute approximate surface area is 152 Å². The Balaban J connectivity index is 2.10. The van der Waals surface area contributed by atoms with Crippen molar-refractivity contribution in [2.75, 3.05) is 11.9 Å². The van der Waals surface area contributed by atoms with Crippen molar-refractivity contribution in [1.82, 2.24) is 4.90 Å². The van der Waals surface area contributed by atoms with Crippen LogP contribution in [0.1, 0.15) is 44.7 Å². The van der Waals surface area contributed by atoms with E-state index in [4.69, 9.17) is 4.74 Å². The van der Waals surface area contributed by atoms with Crippen molar-refractivity contribution in [3.05, 3.63) is 29.3 Å². The smallest absolute Gasteiger partial charge is 0.410 e. The van der Waals surface area contributed by atoms with E-state index in [-0.39, 0.29) is 6.42 Å². The van der Waals surface area contributed by atoms with Gasteiger partial charge in [0.25, 0.3) is 5.92 Å². The molecule has 7 heteroatoms. The number of benzene rings is 1. The Morgan fingerprint density at radius 3 is 2.38 bits per heavy atom. The van der Waals surface area contributed by atoms with Gasteiger partial charge in [-0.25, -0.2) is 13.6 Å². The summed E-state index contributed by atoms with van der Waals surface area (Å²) in [4.78, 5) is 25.6. The average molecular weight is 368 g/mol. The first-order valence-corrected chi connectivity index (χ1v) is 8.61. The third-order valence-electron chi connectivity index (χ3n) is 4.17. The van der Waals surface area contributed by atoms with E-state index in [2.05, 4.69) is 5.32 Å². The van der Waals surface area contributed by atoms with Crippen LogP contribution in [-0.4, -0.2) is 41.0 Å². The molecule has 0 aliphatic carbocycles. The molecule has 0 saturated carbocycles. The van der Waals surface area contributed by atoms with Gasteiger partial charge in [0.2, 0.25) is 5.91 Å². The third-order valence-corrected chi connectivity index (χ3v) is 4.17. The SMILES string of the molecule is Cc1cccc(C)c1NC(=O)C[C@@H]1CC(F)(F)CN1C(=O)OC(C)(C)C. The molecule has 1 N–H and O–H groups in total. The van der Waals surface area contributed by atoms with Crippen molar-refractivity contribution in [1.29, 1.82) is 0 Å². The van der Waals surface area contributed by atoms with Gasteiger partial charge in [-0.05, 0) is 45.7 Å². The highest BCUT2D eigenvalue weighted by Crippen LogP contribution is 2.35. The van der Waals surface area contributed by atoms with Gasteiger partial charge >= 0.3 is 6.09 Å². The van der Waals surface area contributed by atoms with Crippen LogP contribution in [0.5, 0.6) is 0 Å². The van der Waals surface area contributed by atoms with Crippen molar-refractivity contribution in [3.63, 3.8) is 0 Å². The summed E-state index contributed by atoms with van der Waals surface area (Å²) in [5.41, 5.74) is 1.66. The van der Waals surface area contributed by atoms with E-state index in [0.29, 0.717) is 5.69 Å². The predicted octanol–water partition coefficient (Wildman–Crippen LogP) is 4.28. The average Bonchev–Trinajstić information content (AvgIpc) is 2.76. The van der Waals surface area contributed by atoms with E-state index < -0.39 is 42.5 Å². The number of ether oxygens (including phenoxy) is 1. The molecule has 144 valence electrons. The van der Waals surface area contributed by atoms with Gasteiger partial charge in [0.15, 0.2) is 0 Å². The Kier molecular flexibility index (Phi) is 5.58. The standard InChI is InChI=1S/C19H26F2N2O3/c1-12-7-6-8-13(2)16(12)22-15(24)9-14-10-19(20,21)11-23(14)17(25)26-18(3,4)5/h6-8,14H,9-11H2,1-5H3,(H,22,24)/t14-/m1/s1. The van der Waals surface area contributed by atoms with E-state index >= 15 is 0 Å². The van der Waals surface area contributed by atoms with Crippen LogP contribution in [-0.2, 0) is 9.53 Å². The summed E-state index contributed by atoms with van der Waals surface area (Å²) < 4.78 is 32.9. The summed E-state index contributed by atoms with van der Waals surface area (Å²) in [6.45, 7) is 7.99.